The van der Waals surface area contributed by atoms with E-state index in [2.05, 4.69) is 25.9 Å². The average Bonchev–Trinajstić information content (AvgIpc) is 2.96. The molecule has 0 spiro atoms. The van der Waals surface area contributed by atoms with E-state index in [1.54, 1.807) is 0 Å². The van der Waals surface area contributed by atoms with E-state index < -0.39 is 5.82 Å². The van der Waals surface area contributed by atoms with Crippen LogP contribution >= 0.6 is 11.6 Å². The van der Waals surface area contributed by atoms with Gasteiger partial charge in [-0.25, -0.2) is 9.37 Å². The summed E-state index contributed by atoms with van der Waals surface area (Å²) in [6, 6.07) is 7.63. The zero-order valence-electron chi connectivity index (χ0n) is 23.5. The van der Waals surface area contributed by atoms with Crippen LogP contribution in [0, 0.1) is 29.0 Å². The number of hydrogen-bond donors (Lipinski definition) is 4. The molecule has 1 aromatic heterocycles. The highest BCUT2D eigenvalue weighted by Crippen LogP contribution is 2.51. The zero-order chi connectivity index (χ0) is 27.8. The topological polar surface area (TPSA) is 91.3 Å². The number of aliphatic hydroxyl groups is 1. The van der Waals surface area contributed by atoms with E-state index in [4.69, 9.17) is 21.4 Å². The lowest BCUT2D eigenvalue weighted by molar-refractivity contribution is 0.000243. The fourth-order valence-electron chi connectivity index (χ4n) is 7.40. The number of fused-ring (bicyclic) bond motifs is 2. The molecular weight excluding hydrogens is 529 g/mol. The molecule has 2 bridgehead atoms. The Hall–Kier alpha value is -2.00. The van der Waals surface area contributed by atoms with Crippen LogP contribution in [0.3, 0.4) is 0 Å². The van der Waals surface area contributed by atoms with Crippen LogP contribution in [0.4, 0.5) is 16.2 Å². The van der Waals surface area contributed by atoms with Gasteiger partial charge in [0.2, 0.25) is 5.95 Å². The van der Waals surface area contributed by atoms with Gasteiger partial charge in [-0.3, -0.25) is 0 Å². The molecule has 3 aliphatic rings. The summed E-state index contributed by atoms with van der Waals surface area (Å²) in [5.41, 5.74) is 1.14. The van der Waals surface area contributed by atoms with Crippen molar-refractivity contribution in [1.82, 2.24) is 15.3 Å². The van der Waals surface area contributed by atoms with E-state index in [0.29, 0.717) is 42.1 Å². The van der Waals surface area contributed by atoms with Crippen LogP contribution in [-0.2, 0) is 11.3 Å². The number of hydrogen-bond acceptors (Lipinski definition) is 7. The standard InChI is InChI=1S/C31H45ClFN5O2/c32-27-6-2-1-5-25(27)19-35-30-36-20-28(33)29(38-30)37-21-31-11-3-4-23(15-31)14-24(16-31)18-34-17-22-7-9-26(10-8-22)40-13-12-39/h1-2,5-6,20,22-24,26,34,39H,3-4,7-19,21H2,(H2,35,36,37,38)/t22-,23?,24-,26-,31-/m1/s1. The van der Waals surface area contributed by atoms with Gasteiger partial charge < -0.3 is 25.8 Å². The molecule has 4 N–H and O–H groups in total. The lowest BCUT2D eigenvalue weighted by Crippen LogP contribution is -2.44. The molecule has 9 heteroatoms. The largest absolute Gasteiger partial charge is 0.394 e. The zero-order valence-corrected chi connectivity index (χ0v) is 24.3. The van der Waals surface area contributed by atoms with Gasteiger partial charge in [0.25, 0.3) is 0 Å². The minimum atomic E-state index is -0.419. The molecule has 1 heterocycles. The highest BCUT2D eigenvalue weighted by molar-refractivity contribution is 6.31. The number of nitrogens with one attached hydrogen (secondary N) is 3. The van der Waals surface area contributed by atoms with E-state index in [9.17, 15) is 4.39 Å². The maximum atomic E-state index is 14.7. The summed E-state index contributed by atoms with van der Waals surface area (Å²) in [6.45, 7) is 3.93. The Morgan fingerprint density at radius 2 is 1.88 bits per heavy atom. The first-order valence-corrected chi connectivity index (χ1v) is 15.6. The third-order valence-electron chi connectivity index (χ3n) is 9.30. The number of benzene rings is 1. The number of anilines is 2. The maximum Gasteiger partial charge on any atom is 0.225 e. The molecule has 220 valence electrons. The van der Waals surface area contributed by atoms with Crippen molar-refractivity contribution in [2.45, 2.75) is 76.9 Å². The van der Waals surface area contributed by atoms with Crippen molar-refractivity contribution in [2.24, 2.45) is 23.2 Å². The van der Waals surface area contributed by atoms with Gasteiger partial charge in [0.15, 0.2) is 11.6 Å². The Kier molecular flexibility index (Phi) is 10.5. The predicted molar refractivity (Wildman–Crippen MR) is 158 cm³/mol. The lowest BCUT2D eigenvalue weighted by Gasteiger charge is -2.49. The summed E-state index contributed by atoms with van der Waals surface area (Å²) in [5.74, 6) is 2.38. The number of nitrogens with zero attached hydrogens (tertiary/aromatic N) is 2. The molecular formula is C31H45ClFN5O2. The number of halogens is 2. The Balaban J connectivity index is 1.11. The Morgan fingerprint density at radius 1 is 1.05 bits per heavy atom. The fourth-order valence-corrected chi connectivity index (χ4v) is 7.60. The molecule has 7 nitrogen and oxygen atoms in total. The quantitative estimate of drug-likeness (QED) is 0.232. The van der Waals surface area contributed by atoms with Gasteiger partial charge in [0.1, 0.15) is 0 Å². The Morgan fingerprint density at radius 3 is 2.70 bits per heavy atom. The minimum absolute atomic E-state index is 0.109. The Labute approximate surface area is 243 Å². The smallest absolute Gasteiger partial charge is 0.225 e. The van der Waals surface area contributed by atoms with Crippen molar-refractivity contribution in [2.75, 3.05) is 43.5 Å². The summed E-state index contributed by atoms with van der Waals surface area (Å²) in [6.07, 6.45) is 13.6. The van der Waals surface area contributed by atoms with E-state index in [-0.39, 0.29) is 17.8 Å². The first-order valence-electron chi connectivity index (χ1n) is 15.2. The first kappa shape index (κ1) is 29.5. The van der Waals surface area contributed by atoms with Gasteiger partial charge in [-0.15, -0.1) is 0 Å². The van der Waals surface area contributed by atoms with Crippen LogP contribution in [-0.4, -0.2) is 54.0 Å². The van der Waals surface area contributed by atoms with Crippen LogP contribution in [0.1, 0.15) is 69.8 Å². The highest BCUT2D eigenvalue weighted by atomic mass is 35.5. The molecule has 40 heavy (non-hydrogen) atoms. The number of ether oxygens (including phenoxy) is 1. The van der Waals surface area contributed by atoms with Crippen molar-refractivity contribution in [3.05, 3.63) is 46.9 Å². The molecule has 1 unspecified atom stereocenters. The van der Waals surface area contributed by atoms with Gasteiger partial charge in [-0.1, -0.05) is 42.6 Å². The molecule has 0 amide bonds. The van der Waals surface area contributed by atoms with Gasteiger partial charge in [-0.05, 0) is 99.3 Å². The molecule has 5 rings (SSSR count). The molecule has 3 saturated carbocycles. The molecule has 1 aromatic carbocycles. The third-order valence-corrected chi connectivity index (χ3v) is 9.67. The maximum absolute atomic E-state index is 14.7. The SMILES string of the molecule is OCCO[C@H]1CC[C@H](CNC[C@@H]2CC3CCC[C@@](CNc4nc(NCc5ccccc5Cl)ncc4F)(C3)C2)CC1. The molecule has 2 aromatic rings. The van der Waals surface area contributed by atoms with Crippen molar-refractivity contribution < 1.29 is 14.2 Å². The summed E-state index contributed by atoms with van der Waals surface area (Å²) in [7, 11) is 0. The first-order chi connectivity index (χ1) is 19.5. The van der Waals surface area contributed by atoms with Crippen molar-refractivity contribution in [3.63, 3.8) is 0 Å². The predicted octanol–water partition coefficient (Wildman–Crippen LogP) is 6.04. The van der Waals surface area contributed by atoms with E-state index in [1.165, 1.54) is 57.6 Å². The van der Waals surface area contributed by atoms with E-state index in [1.807, 2.05) is 24.3 Å². The summed E-state index contributed by atoms with van der Waals surface area (Å²) < 4.78 is 20.4. The normalized spacial score (nSPS) is 28.3. The van der Waals surface area contributed by atoms with Crippen molar-refractivity contribution in [1.29, 1.82) is 0 Å². The number of aliphatic hydroxyl groups excluding tert-OH is 1. The summed E-state index contributed by atoms with van der Waals surface area (Å²) >= 11 is 6.27. The van der Waals surface area contributed by atoms with Crippen molar-refractivity contribution >= 4 is 23.4 Å². The van der Waals surface area contributed by atoms with Gasteiger partial charge >= 0.3 is 0 Å². The van der Waals surface area contributed by atoms with Crippen LogP contribution in [0.25, 0.3) is 0 Å². The number of aromatic nitrogens is 2. The monoisotopic (exact) mass is 573 g/mol. The summed E-state index contributed by atoms with van der Waals surface area (Å²) in [5, 5.41) is 20.0. The van der Waals surface area contributed by atoms with Crippen molar-refractivity contribution in [3.8, 4) is 0 Å². The number of rotatable bonds is 13. The van der Waals surface area contributed by atoms with Gasteiger partial charge in [0.05, 0.1) is 25.5 Å². The van der Waals surface area contributed by atoms with E-state index in [0.717, 1.165) is 44.0 Å². The van der Waals surface area contributed by atoms with E-state index >= 15 is 0 Å². The molecule has 3 aliphatic carbocycles. The summed E-state index contributed by atoms with van der Waals surface area (Å²) in [4.78, 5) is 8.60. The second-order valence-electron chi connectivity index (χ2n) is 12.4. The molecule has 0 saturated heterocycles. The third kappa shape index (κ3) is 8.05. The Bertz CT molecular complexity index is 1090. The highest BCUT2D eigenvalue weighted by Gasteiger charge is 2.43. The molecule has 0 aliphatic heterocycles. The minimum Gasteiger partial charge on any atom is -0.394 e. The molecule has 0 radical (unpaired) electrons. The van der Waals surface area contributed by atoms with Crippen LogP contribution in [0.5, 0.6) is 0 Å². The van der Waals surface area contributed by atoms with Gasteiger partial charge in [-0.2, -0.15) is 4.98 Å². The average molecular weight is 574 g/mol. The van der Waals surface area contributed by atoms with Crippen LogP contribution < -0.4 is 16.0 Å². The van der Waals surface area contributed by atoms with Crippen LogP contribution in [0.15, 0.2) is 30.5 Å². The molecule has 3 fully saturated rings. The second kappa shape index (κ2) is 14.3. The van der Waals surface area contributed by atoms with Crippen LogP contribution in [0.2, 0.25) is 5.02 Å². The fraction of sp³-hybridized carbons (Fsp3) is 0.677. The second-order valence-corrected chi connectivity index (χ2v) is 12.8. The van der Waals surface area contributed by atoms with Gasteiger partial charge in [0, 0.05) is 18.1 Å². The molecule has 3 atom stereocenters. The lowest BCUT2D eigenvalue weighted by atomic mass is 9.59.